The van der Waals surface area contributed by atoms with E-state index < -0.39 is 17.7 Å². The Morgan fingerprint density at radius 1 is 1.07 bits per heavy atom. The van der Waals surface area contributed by atoms with Gasteiger partial charge in [-0.05, 0) is 38.8 Å². The van der Waals surface area contributed by atoms with Gasteiger partial charge in [-0.1, -0.05) is 6.07 Å². The number of aryl methyl sites for hydroxylation is 1. The van der Waals surface area contributed by atoms with E-state index in [-0.39, 0.29) is 5.56 Å². The smallest absolute Gasteiger partial charge is 0.153 e. The van der Waals surface area contributed by atoms with Crippen molar-refractivity contribution in [1.29, 1.82) is 0 Å². The molecule has 0 aliphatic heterocycles. The van der Waals surface area contributed by atoms with E-state index in [1.807, 2.05) is 6.07 Å². The van der Waals surface area contributed by atoms with E-state index in [0.717, 1.165) is 5.69 Å². The fourth-order valence-electron chi connectivity index (χ4n) is 3.06. The molecule has 4 rings (SSSR count). The Hall–Kier alpha value is -3.03. The molecular formula is C19H20F2N6. The summed E-state index contributed by atoms with van der Waals surface area (Å²) >= 11 is 0. The molecule has 1 atom stereocenters. The summed E-state index contributed by atoms with van der Waals surface area (Å²) in [5, 5.41) is 13.5. The Bertz CT molecular complexity index is 946. The van der Waals surface area contributed by atoms with Crippen LogP contribution in [0.25, 0.3) is 0 Å². The van der Waals surface area contributed by atoms with Gasteiger partial charge in [0.2, 0.25) is 0 Å². The van der Waals surface area contributed by atoms with Crippen molar-refractivity contribution in [3.8, 4) is 0 Å². The van der Waals surface area contributed by atoms with Crippen LogP contribution in [0, 0.1) is 18.6 Å². The molecule has 1 saturated carbocycles. The summed E-state index contributed by atoms with van der Waals surface area (Å²) in [4.78, 5) is 8.66. The maximum absolute atomic E-state index is 14.0. The molecular weight excluding hydrogens is 350 g/mol. The van der Waals surface area contributed by atoms with Gasteiger partial charge in [-0.3, -0.25) is 5.10 Å². The lowest BCUT2D eigenvalue weighted by atomic mass is 10.1. The summed E-state index contributed by atoms with van der Waals surface area (Å²) < 4.78 is 28.0. The minimum atomic E-state index is -0.597. The first-order valence-electron chi connectivity index (χ1n) is 8.88. The number of halogens is 2. The average molecular weight is 370 g/mol. The lowest BCUT2D eigenvalue weighted by Gasteiger charge is -2.17. The van der Waals surface area contributed by atoms with E-state index in [0.29, 0.717) is 29.2 Å². The number of benzene rings is 1. The molecule has 0 saturated heterocycles. The fourth-order valence-corrected chi connectivity index (χ4v) is 3.06. The molecule has 2 heterocycles. The minimum Gasteiger partial charge on any atom is -0.363 e. The summed E-state index contributed by atoms with van der Waals surface area (Å²) in [6, 6.07) is 6.89. The molecule has 0 spiro atoms. The van der Waals surface area contributed by atoms with Crippen LogP contribution in [0.1, 0.15) is 48.8 Å². The van der Waals surface area contributed by atoms with Crippen molar-refractivity contribution < 1.29 is 8.78 Å². The Morgan fingerprint density at radius 3 is 2.48 bits per heavy atom. The van der Waals surface area contributed by atoms with E-state index in [1.54, 1.807) is 19.9 Å². The molecule has 0 bridgehead atoms. The second-order valence-corrected chi connectivity index (χ2v) is 6.79. The van der Waals surface area contributed by atoms with Crippen molar-refractivity contribution in [3.63, 3.8) is 0 Å². The SMILES string of the molecule is Cc1nc(Nc2cc(C3CC3)[nH]n2)cc(NC(C)c2c(F)cccc2F)n1. The van der Waals surface area contributed by atoms with Crippen molar-refractivity contribution >= 4 is 17.5 Å². The van der Waals surface area contributed by atoms with E-state index in [9.17, 15) is 8.78 Å². The molecule has 3 N–H and O–H groups in total. The molecule has 1 aliphatic carbocycles. The third-order valence-electron chi connectivity index (χ3n) is 4.51. The standard InChI is InChI=1S/C19H20F2N6/c1-10(19-13(20)4-3-5-14(19)21)22-16-9-17(24-11(2)23-16)25-18-8-15(26-27-18)12-6-7-12/h3-5,8-10,12H,6-7H2,1-2H3,(H3,22,23,24,25,26,27). The van der Waals surface area contributed by atoms with Crippen LogP contribution in [-0.2, 0) is 0 Å². The molecule has 6 nitrogen and oxygen atoms in total. The molecule has 2 aromatic heterocycles. The van der Waals surface area contributed by atoms with E-state index in [2.05, 4.69) is 30.8 Å². The summed E-state index contributed by atoms with van der Waals surface area (Å²) in [5.74, 6) is 1.62. The van der Waals surface area contributed by atoms with Crippen LogP contribution in [0.5, 0.6) is 0 Å². The number of hydrogen-bond donors (Lipinski definition) is 3. The van der Waals surface area contributed by atoms with Gasteiger partial charge in [-0.15, -0.1) is 0 Å². The van der Waals surface area contributed by atoms with Crippen LogP contribution in [-0.4, -0.2) is 20.2 Å². The first-order chi connectivity index (χ1) is 13.0. The van der Waals surface area contributed by atoms with Gasteiger partial charge in [0.05, 0.1) is 6.04 Å². The molecule has 0 amide bonds. The van der Waals surface area contributed by atoms with Crippen LogP contribution in [0.2, 0.25) is 0 Å². The number of rotatable bonds is 6. The molecule has 1 unspecified atom stereocenters. The number of aromatic amines is 1. The summed E-state index contributed by atoms with van der Waals surface area (Å²) in [6.45, 7) is 3.44. The van der Waals surface area contributed by atoms with Gasteiger partial charge in [0, 0.05) is 29.3 Å². The third kappa shape index (κ3) is 3.89. The Labute approximate surface area is 155 Å². The van der Waals surface area contributed by atoms with Crippen LogP contribution in [0.15, 0.2) is 30.3 Å². The first-order valence-corrected chi connectivity index (χ1v) is 8.88. The van der Waals surface area contributed by atoms with E-state index in [1.165, 1.54) is 31.0 Å². The van der Waals surface area contributed by atoms with Crippen molar-refractivity contribution in [2.75, 3.05) is 10.6 Å². The van der Waals surface area contributed by atoms with Crippen molar-refractivity contribution in [1.82, 2.24) is 20.2 Å². The number of nitrogens with one attached hydrogen (secondary N) is 3. The highest BCUT2D eigenvalue weighted by Crippen LogP contribution is 2.39. The van der Waals surface area contributed by atoms with Gasteiger partial charge in [0.25, 0.3) is 0 Å². The molecule has 27 heavy (non-hydrogen) atoms. The van der Waals surface area contributed by atoms with Crippen LogP contribution >= 0.6 is 0 Å². The largest absolute Gasteiger partial charge is 0.363 e. The lowest BCUT2D eigenvalue weighted by Crippen LogP contribution is -2.13. The molecule has 140 valence electrons. The number of nitrogens with zero attached hydrogens (tertiary/aromatic N) is 3. The van der Waals surface area contributed by atoms with Gasteiger partial charge < -0.3 is 10.6 Å². The molecule has 1 fully saturated rings. The zero-order valence-corrected chi connectivity index (χ0v) is 15.1. The second kappa shape index (κ2) is 6.94. The summed E-state index contributed by atoms with van der Waals surface area (Å²) in [7, 11) is 0. The monoisotopic (exact) mass is 370 g/mol. The van der Waals surface area contributed by atoms with Crippen LogP contribution < -0.4 is 10.6 Å². The highest BCUT2D eigenvalue weighted by atomic mass is 19.1. The zero-order valence-electron chi connectivity index (χ0n) is 15.1. The van der Waals surface area contributed by atoms with Gasteiger partial charge in [0.15, 0.2) is 5.82 Å². The van der Waals surface area contributed by atoms with Crippen molar-refractivity contribution in [2.45, 2.75) is 38.6 Å². The minimum absolute atomic E-state index is 0.0235. The Balaban J connectivity index is 1.53. The maximum atomic E-state index is 14.0. The van der Waals surface area contributed by atoms with Gasteiger partial charge in [-0.25, -0.2) is 18.7 Å². The summed E-state index contributed by atoms with van der Waals surface area (Å²) in [6.07, 6.45) is 2.37. The number of H-pyrrole nitrogens is 1. The quantitative estimate of drug-likeness (QED) is 0.592. The number of hydrogen-bond acceptors (Lipinski definition) is 5. The van der Waals surface area contributed by atoms with Crippen LogP contribution in [0.4, 0.5) is 26.2 Å². The van der Waals surface area contributed by atoms with Crippen LogP contribution in [0.3, 0.4) is 0 Å². The molecule has 0 radical (unpaired) electrons. The molecule has 3 aromatic rings. The molecule has 8 heteroatoms. The highest BCUT2D eigenvalue weighted by molar-refractivity contribution is 5.57. The Morgan fingerprint density at radius 2 is 1.78 bits per heavy atom. The van der Waals surface area contributed by atoms with Gasteiger partial charge in [0.1, 0.15) is 29.1 Å². The van der Waals surface area contributed by atoms with Crippen molar-refractivity contribution in [2.24, 2.45) is 0 Å². The fraction of sp³-hybridized carbons (Fsp3) is 0.316. The predicted molar refractivity (Wildman–Crippen MR) is 99.0 cm³/mol. The van der Waals surface area contributed by atoms with Crippen molar-refractivity contribution in [3.05, 3.63) is 59.0 Å². The average Bonchev–Trinajstić information content (AvgIpc) is 3.34. The maximum Gasteiger partial charge on any atom is 0.153 e. The van der Waals surface area contributed by atoms with E-state index in [4.69, 9.17) is 0 Å². The second-order valence-electron chi connectivity index (χ2n) is 6.79. The Kier molecular flexibility index (Phi) is 4.47. The number of aromatic nitrogens is 4. The predicted octanol–water partition coefficient (Wildman–Crippen LogP) is 4.58. The van der Waals surface area contributed by atoms with Gasteiger partial charge in [-0.2, -0.15) is 5.10 Å². The normalized spacial score (nSPS) is 14.8. The lowest BCUT2D eigenvalue weighted by molar-refractivity contribution is 0.543. The molecule has 1 aliphatic rings. The first kappa shape index (κ1) is 17.4. The number of anilines is 3. The zero-order chi connectivity index (χ0) is 19.0. The highest BCUT2D eigenvalue weighted by Gasteiger charge is 2.25. The van der Waals surface area contributed by atoms with Gasteiger partial charge >= 0.3 is 0 Å². The topological polar surface area (TPSA) is 78.5 Å². The molecule has 1 aromatic carbocycles. The summed E-state index contributed by atoms with van der Waals surface area (Å²) in [5.41, 5.74) is 1.09. The van der Waals surface area contributed by atoms with E-state index >= 15 is 0 Å². The third-order valence-corrected chi connectivity index (χ3v) is 4.51.